The highest BCUT2D eigenvalue weighted by atomic mass is 32.2. The number of carbonyl (C=O) groups is 2. The van der Waals surface area contributed by atoms with Crippen molar-refractivity contribution in [1.29, 1.82) is 0 Å². The van der Waals surface area contributed by atoms with Gasteiger partial charge in [-0.25, -0.2) is 4.79 Å². The second-order valence-corrected chi connectivity index (χ2v) is 5.79. The van der Waals surface area contributed by atoms with Gasteiger partial charge in [0.15, 0.2) is 6.61 Å². The fourth-order valence-corrected chi connectivity index (χ4v) is 2.73. The van der Waals surface area contributed by atoms with Gasteiger partial charge in [0.2, 0.25) is 0 Å². The van der Waals surface area contributed by atoms with Crippen molar-refractivity contribution in [2.24, 2.45) is 0 Å². The molecule has 0 fully saturated rings. The van der Waals surface area contributed by atoms with E-state index in [9.17, 15) is 9.59 Å². The Balaban J connectivity index is 1.95. The smallest absolute Gasteiger partial charge is 0.339 e. The first-order valence-corrected chi connectivity index (χ1v) is 8.10. The number of esters is 1. The zero-order valence-electron chi connectivity index (χ0n) is 13.1. The van der Waals surface area contributed by atoms with E-state index in [2.05, 4.69) is 16.4 Å². The molecule has 24 heavy (non-hydrogen) atoms. The summed E-state index contributed by atoms with van der Waals surface area (Å²) < 4.78 is 10.0. The van der Waals surface area contributed by atoms with Gasteiger partial charge in [-0.2, -0.15) is 0 Å². The lowest BCUT2D eigenvalue weighted by Crippen LogP contribution is -2.29. The average Bonchev–Trinajstić information content (AvgIpc) is 3.01. The molecule has 6 nitrogen and oxygen atoms in total. The Morgan fingerprint density at radius 3 is 2.92 bits per heavy atom. The molecule has 7 heteroatoms. The highest BCUT2D eigenvalue weighted by Crippen LogP contribution is 2.26. The monoisotopic (exact) mass is 344 g/mol. The Morgan fingerprint density at radius 1 is 1.42 bits per heavy atom. The standard InChI is InChI=1S/C17H16N2O4S/c1-3-8-18-16(20)10-22-17(21)14-6-4-5-7-15(14)24-11-13-9-12(2)23-19-13/h1,4-7,9H,8,10-11H2,2H3,(H,18,20). The largest absolute Gasteiger partial charge is 0.452 e. The molecule has 0 saturated carbocycles. The van der Waals surface area contributed by atoms with Gasteiger partial charge in [0.1, 0.15) is 5.76 Å². The summed E-state index contributed by atoms with van der Waals surface area (Å²) in [5, 5.41) is 6.34. The van der Waals surface area contributed by atoms with E-state index in [0.29, 0.717) is 11.3 Å². The predicted molar refractivity (Wildman–Crippen MR) is 89.4 cm³/mol. The minimum atomic E-state index is -0.565. The van der Waals surface area contributed by atoms with Gasteiger partial charge in [-0.05, 0) is 19.1 Å². The number of ether oxygens (including phenoxy) is 1. The van der Waals surface area contributed by atoms with E-state index in [1.165, 1.54) is 11.8 Å². The van der Waals surface area contributed by atoms with Crippen molar-refractivity contribution < 1.29 is 18.8 Å². The van der Waals surface area contributed by atoms with E-state index in [1.54, 1.807) is 12.1 Å². The van der Waals surface area contributed by atoms with Crippen LogP contribution in [0.25, 0.3) is 0 Å². The molecule has 1 aromatic heterocycles. The number of rotatable bonds is 7. The fraction of sp³-hybridized carbons (Fsp3) is 0.235. The number of benzene rings is 1. The number of hydrogen-bond donors (Lipinski definition) is 1. The van der Waals surface area contributed by atoms with Crippen molar-refractivity contribution in [1.82, 2.24) is 10.5 Å². The van der Waals surface area contributed by atoms with Crippen LogP contribution in [0.1, 0.15) is 21.8 Å². The molecule has 0 spiro atoms. The van der Waals surface area contributed by atoms with Crippen LogP contribution in [0, 0.1) is 19.3 Å². The highest BCUT2D eigenvalue weighted by molar-refractivity contribution is 7.98. The molecule has 2 aromatic rings. The zero-order chi connectivity index (χ0) is 17.4. The molecular weight excluding hydrogens is 328 g/mol. The van der Waals surface area contributed by atoms with Crippen molar-refractivity contribution in [3.05, 3.63) is 47.3 Å². The third-order valence-electron chi connectivity index (χ3n) is 2.88. The number of terminal acetylenes is 1. The molecule has 0 atom stereocenters. The number of amides is 1. The summed E-state index contributed by atoms with van der Waals surface area (Å²) in [6.45, 7) is 1.54. The van der Waals surface area contributed by atoms with E-state index < -0.39 is 11.9 Å². The first-order valence-electron chi connectivity index (χ1n) is 7.11. The SMILES string of the molecule is C#CCNC(=O)COC(=O)c1ccccc1SCc1cc(C)on1. The summed E-state index contributed by atoms with van der Waals surface area (Å²) in [7, 11) is 0. The van der Waals surface area contributed by atoms with Gasteiger partial charge < -0.3 is 14.6 Å². The Labute approximate surface area is 143 Å². The van der Waals surface area contributed by atoms with Gasteiger partial charge in [0.25, 0.3) is 5.91 Å². The average molecular weight is 344 g/mol. The van der Waals surface area contributed by atoms with Crippen LogP contribution in [0.3, 0.4) is 0 Å². The minimum absolute atomic E-state index is 0.0972. The summed E-state index contributed by atoms with van der Waals surface area (Å²) >= 11 is 1.44. The van der Waals surface area contributed by atoms with E-state index in [4.69, 9.17) is 15.7 Å². The van der Waals surface area contributed by atoms with Crippen LogP contribution in [-0.4, -0.2) is 30.2 Å². The lowest BCUT2D eigenvalue weighted by molar-refractivity contribution is -0.123. The zero-order valence-corrected chi connectivity index (χ0v) is 13.9. The Hall–Kier alpha value is -2.72. The lowest BCUT2D eigenvalue weighted by atomic mass is 10.2. The van der Waals surface area contributed by atoms with E-state index >= 15 is 0 Å². The lowest BCUT2D eigenvalue weighted by Gasteiger charge is -2.08. The molecule has 0 unspecified atom stereocenters. The van der Waals surface area contributed by atoms with Crippen molar-refractivity contribution in [3.8, 4) is 12.3 Å². The molecule has 124 valence electrons. The second-order valence-electron chi connectivity index (χ2n) is 4.77. The van der Waals surface area contributed by atoms with Crippen LogP contribution in [-0.2, 0) is 15.3 Å². The normalized spacial score (nSPS) is 10.0. The molecule has 1 amide bonds. The van der Waals surface area contributed by atoms with Crippen molar-refractivity contribution in [3.63, 3.8) is 0 Å². The summed E-state index contributed by atoms with van der Waals surface area (Å²) in [6.07, 6.45) is 5.04. The van der Waals surface area contributed by atoms with Gasteiger partial charge in [0.05, 0.1) is 17.8 Å². The van der Waals surface area contributed by atoms with E-state index in [-0.39, 0.29) is 13.2 Å². The first-order chi connectivity index (χ1) is 11.6. The van der Waals surface area contributed by atoms with Gasteiger partial charge in [0, 0.05) is 16.7 Å². The maximum Gasteiger partial charge on any atom is 0.339 e. The second kappa shape index (κ2) is 8.79. The number of hydrogen-bond acceptors (Lipinski definition) is 6. The number of aryl methyl sites for hydroxylation is 1. The topological polar surface area (TPSA) is 81.4 Å². The van der Waals surface area contributed by atoms with Gasteiger partial charge in [-0.3, -0.25) is 4.79 Å². The van der Waals surface area contributed by atoms with Crippen LogP contribution >= 0.6 is 11.8 Å². The number of aromatic nitrogens is 1. The molecule has 0 saturated heterocycles. The van der Waals surface area contributed by atoms with Gasteiger partial charge in [-0.15, -0.1) is 18.2 Å². The number of carbonyl (C=O) groups excluding carboxylic acids is 2. The Kier molecular flexibility index (Phi) is 6.46. The van der Waals surface area contributed by atoms with Gasteiger partial charge >= 0.3 is 5.97 Å². The molecular formula is C17H16N2O4S. The maximum atomic E-state index is 12.2. The minimum Gasteiger partial charge on any atom is -0.452 e. The number of nitrogens with zero attached hydrogens (tertiary/aromatic N) is 1. The van der Waals surface area contributed by atoms with Crippen molar-refractivity contribution >= 4 is 23.6 Å². The van der Waals surface area contributed by atoms with Crippen LogP contribution in [0.2, 0.25) is 0 Å². The number of nitrogens with one attached hydrogen (secondary N) is 1. The molecule has 2 rings (SSSR count). The molecule has 1 N–H and O–H groups in total. The molecule has 0 aliphatic rings. The van der Waals surface area contributed by atoms with Crippen LogP contribution in [0.4, 0.5) is 0 Å². The van der Waals surface area contributed by atoms with Crippen LogP contribution in [0.15, 0.2) is 39.8 Å². The van der Waals surface area contributed by atoms with Crippen LogP contribution in [0.5, 0.6) is 0 Å². The van der Waals surface area contributed by atoms with Gasteiger partial charge in [-0.1, -0.05) is 23.2 Å². The third-order valence-corrected chi connectivity index (χ3v) is 3.99. The highest BCUT2D eigenvalue weighted by Gasteiger charge is 2.15. The molecule has 1 heterocycles. The summed E-state index contributed by atoms with van der Waals surface area (Å²) in [6, 6.07) is 8.86. The predicted octanol–water partition coefficient (Wildman–Crippen LogP) is 2.18. The van der Waals surface area contributed by atoms with E-state index in [0.717, 1.165) is 16.3 Å². The van der Waals surface area contributed by atoms with Crippen LogP contribution < -0.4 is 5.32 Å². The molecule has 1 aromatic carbocycles. The first kappa shape index (κ1) is 17.6. The fourth-order valence-electron chi connectivity index (χ4n) is 1.81. The van der Waals surface area contributed by atoms with Crippen molar-refractivity contribution in [2.45, 2.75) is 17.6 Å². The molecule has 0 bridgehead atoms. The Bertz CT molecular complexity index is 764. The summed E-state index contributed by atoms with van der Waals surface area (Å²) in [5.74, 6) is 2.56. The third kappa shape index (κ3) is 5.18. The molecule has 0 radical (unpaired) electrons. The maximum absolute atomic E-state index is 12.2. The molecule has 0 aliphatic carbocycles. The number of thioether (sulfide) groups is 1. The summed E-state index contributed by atoms with van der Waals surface area (Å²) in [5.41, 5.74) is 1.18. The Morgan fingerprint density at radius 2 is 2.21 bits per heavy atom. The van der Waals surface area contributed by atoms with Crippen molar-refractivity contribution in [2.75, 3.05) is 13.2 Å². The quantitative estimate of drug-likeness (QED) is 0.471. The van der Waals surface area contributed by atoms with E-state index in [1.807, 2.05) is 25.1 Å². The molecule has 0 aliphatic heterocycles. The summed E-state index contributed by atoms with van der Waals surface area (Å²) in [4.78, 5) is 24.3.